The number of ether oxygens (including phenoxy) is 1. The van der Waals surface area contributed by atoms with Gasteiger partial charge in [-0.1, -0.05) is 30.4 Å². The van der Waals surface area contributed by atoms with Crippen molar-refractivity contribution in [2.75, 3.05) is 0 Å². The Morgan fingerprint density at radius 2 is 1.96 bits per heavy atom. The molecule has 1 saturated heterocycles. The number of hydrogen-bond donors (Lipinski definition) is 1. The fourth-order valence-corrected chi connectivity index (χ4v) is 4.82. The van der Waals surface area contributed by atoms with Crippen molar-refractivity contribution in [3.63, 3.8) is 0 Å². The summed E-state index contributed by atoms with van der Waals surface area (Å²) in [5.41, 5.74) is 1.86. The summed E-state index contributed by atoms with van der Waals surface area (Å²) in [5, 5.41) is 9.80. The molecule has 1 N–H and O–H groups in total. The molecule has 4 aliphatic rings. The molecule has 2 bridgehead atoms. The van der Waals surface area contributed by atoms with Crippen LogP contribution in [0.5, 0.6) is 0 Å². The molecule has 2 fully saturated rings. The Kier molecular flexibility index (Phi) is 4.70. The van der Waals surface area contributed by atoms with Crippen molar-refractivity contribution in [3.8, 4) is 0 Å². The van der Waals surface area contributed by atoms with Gasteiger partial charge in [-0.15, -0.1) is 0 Å². The zero-order valence-electron chi connectivity index (χ0n) is 15.0. The molecule has 1 aromatic rings. The predicted octanol–water partition coefficient (Wildman–Crippen LogP) is 4.05. The van der Waals surface area contributed by atoms with Crippen molar-refractivity contribution in [2.24, 2.45) is 17.8 Å². The standard InChI is InChI=1S/C22H25FO3/c1-13-10-16(6-9-20(13)23)22-15-4-2-14(3-5-15)19(22)8-7-18-11-17(24)12-21(25)26-18/h2,4,6-10,14-15,17-19,22,24H,3,5,11-12H2,1H3/b8-7+/t14-,15?,17+,18+,19?,22+/m0/s1. The maximum Gasteiger partial charge on any atom is 0.309 e. The fraction of sp³-hybridized carbons (Fsp3) is 0.500. The molecule has 0 spiro atoms. The highest BCUT2D eigenvalue weighted by Gasteiger charge is 2.40. The number of halogens is 1. The molecular formula is C22H25FO3. The third-order valence-corrected chi connectivity index (χ3v) is 6.11. The van der Waals surface area contributed by atoms with Crippen molar-refractivity contribution < 1.29 is 19.0 Å². The van der Waals surface area contributed by atoms with Gasteiger partial charge in [0.2, 0.25) is 0 Å². The van der Waals surface area contributed by atoms with Gasteiger partial charge in [0, 0.05) is 6.42 Å². The molecule has 138 valence electrons. The van der Waals surface area contributed by atoms with Crippen LogP contribution >= 0.6 is 0 Å². The quantitative estimate of drug-likeness (QED) is 0.656. The van der Waals surface area contributed by atoms with Crippen LogP contribution in [0.2, 0.25) is 0 Å². The molecule has 2 unspecified atom stereocenters. The number of cyclic esters (lactones) is 1. The van der Waals surface area contributed by atoms with Crippen molar-refractivity contribution >= 4 is 5.97 Å². The Labute approximate surface area is 153 Å². The van der Waals surface area contributed by atoms with E-state index in [4.69, 9.17) is 4.74 Å². The Morgan fingerprint density at radius 1 is 1.19 bits per heavy atom. The fourth-order valence-electron chi connectivity index (χ4n) is 4.82. The smallest absolute Gasteiger partial charge is 0.309 e. The van der Waals surface area contributed by atoms with Crippen LogP contribution < -0.4 is 0 Å². The molecule has 3 nitrogen and oxygen atoms in total. The summed E-state index contributed by atoms with van der Waals surface area (Å²) in [6, 6.07) is 5.45. The van der Waals surface area contributed by atoms with Crippen LogP contribution in [0.3, 0.4) is 0 Å². The topological polar surface area (TPSA) is 46.5 Å². The molecule has 0 amide bonds. The Hall–Kier alpha value is -1.94. The molecule has 0 radical (unpaired) electrons. The lowest BCUT2D eigenvalue weighted by Gasteiger charge is -2.44. The molecule has 1 aliphatic heterocycles. The van der Waals surface area contributed by atoms with E-state index in [1.807, 2.05) is 25.1 Å². The highest BCUT2D eigenvalue weighted by atomic mass is 19.1. The van der Waals surface area contributed by atoms with E-state index < -0.39 is 6.10 Å². The van der Waals surface area contributed by atoms with Crippen LogP contribution in [-0.2, 0) is 9.53 Å². The largest absolute Gasteiger partial charge is 0.458 e. The van der Waals surface area contributed by atoms with Gasteiger partial charge in [-0.25, -0.2) is 4.39 Å². The monoisotopic (exact) mass is 356 g/mol. The zero-order chi connectivity index (χ0) is 18.3. The predicted molar refractivity (Wildman–Crippen MR) is 97.0 cm³/mol. The van der Waals surface area contributed by atoms with E-state index in [9.17, 15) is 14.3 Å². The van der Waals surface area contributed by atoms with Crippen LogP contribution in [0.15, 0.2) is 42.5 Å². The van der Waals surface area contributed by atoms with E-state index in [1.165, 1.54) is 5.56 Å². The van der Waals surface area contributed by atoms with Gasteiger partial charge in [-0.3, -0.25) is 4.79 Å². The number of carbonyl (C=O) groups excluding carboxylic acids is 1. The Balaban J connectivity index is 1.60. The summed E-state index contributed by atoms with van der Waals surface area (Å²) in [7, 11) is 0. The first kappa shape index (κ1) is 17.5. The highest BCUT2D eigenvalue weighted by molar-refractivity contribution is 5.71. The van der Waals surface area contributed by atoms with E-state index in [1.54, 1.807) is 6.07 Å². The van der Waals surface area contributed by atoms with Gasteiger partial charge >= 0.3 is 5.97 Å². The van der Waals surface area contributed by atoms with Crippen molar-refractivity contribution in [3.05, 3.63) is 59.4 Å². The number of hydrogen-bond acceptors (Lipinski definition) is 3. The summed E-state index contributed by atoms with van der Waals surface area (Å²) in [6.07, 6.45) is 10.6. The van der Waals surface area contributed by atoms with Gasteiger partial charge < -0.3 is 9.84 Å². The summed E-state index contributed by atoms with van der Waals surface area (Å²) < 4.78 is 19.1. The summed E-state index contributed by atoms with van der Waals surface area (Å²) in [6.45, 7) is 1.81. The van der Waals surface area contributed by atoms with Gasteiger partial charge in [-0.2, -0.15) is 0 Å². The lowest BCUT2D eigenvalue weighted by atomic mass is 9.60. The minimum atomic E-state index is -0.621. The SMILES string of the molecule is Cc1cc([C@H]2C3C=C[C@@H](CC3)C2/C=C/[C@@H]2C[C@@H](O)CC(=O)O2)ccc1F. The Morgan fingerprint density at radius 3 is 2.65 bits per heavy atom. The molecule has 1 saturated carbocycles. The lowest BCUT2D eigenvalue weighted by Crippen LogP contribution is -2.35. The molecule has 1 aromatic carbocycles. The number of allylic oxidation sites excluding steroid dienone is 3. The summed E-state index contributed by atoms with van der Waals surface area (Å²) in [5.74, 6) is 1.03. The number of carbonyl (C=O) groups is 1. The van der Waals surface area contributed by atoms with E-state index in [2.05, 4.69) is 18.2 Å². The van der Waals surface area contributed by atoms with Crippen LogP contribution in [0.1, 0.15) is 42.7 Å². The van der Waals surface area contributed by atoms with Gasteiger partial charge in [-0.05, 0) is 66.7 Å². The van der Waals surface area contributed by atoms with Gasteiger partial charge in [0.1, 0.15) is 11.9 Å². The summed E-state index contributed by atoms with van der Waals surface area (Å²) in [4.78, 5) is 11.6. The molecule has 3 aliphatic carbocycles. The molecule has 5 rings (SSSR count). The lowest BCUT2D eigenvalue weighted by molar-refractivity contribution is -0.156. The second-order valence-corrected chi connectivity index (χ2v) is 7.91. The first-order valence-electron chi connectivity index (χ1n) is 9.51. The van der Waals surface area contributed by atoms with E-state index in [-0.39, 0.29) is 24.3 Å². The highest BCUT2D eigenvalue weighted by Crippen LogP contribution is 2.50. The number of aliphatic hydroxyl groups excluding tert-OH is 1. The Bertz CT molecular complexity index is 754. The third kappa shape index (κ3) is 3.35. The first-order valence-corrected chi connectivity index (χ1v) is 9.51. The number of aryl methyl sites for hydroxylation is 1. The molecule has 1 heterocycles. The third-order valence-electron chi connectivity index (χ3n) is 6.11. The second kappa shape index (κ2) is 6.99. The van der Waals surface area contributed by atoms with Crippen LogP contribution in [0, 0.1) is 30.5 Å². The van der Waals surface area contributed by atoms with Crippen LogP contribution in [-0.4, -0.2) is 23.3 Å². The molecule has 26 heavy (non-hydrogen) atoms. The first-order chi connectivity index (χ1) is 12.5. The van der Waals surface area contributed by atoms with E-state index >= 15 is 0 Å². The average molecular weight is 356 g/mol. The minimum absolute atomic E-state index is 0.0820. The van der Waals surface area contributed by atoms with Crippen molar-refractivity contribution in [2.45, 2.75) is 50.7 Å². The second-order valence-electron chi connectivity index (χ2n) is 7.91. The maximum absolute atomic E-state index is 13.7. The number of fused-ring (bicyclic) bond motifs is 2. The normalized spacial score (nSPS) is 36.5. The number of benzene rings is 1. The van der Waals surface area contributed by atoms with Crippen molar-refractivity contribution in [1.82, 2.24) is 0 Å². The maximum atomic E-state index is 13.7. The van der Waals surface area contributed by atoms with Gasteiger partial charge in [0.05, 0.1) is 12.5 Å². The van der Waals surface area contributed by atoms with Crippen LogP contribution in [0.4, 0.5) is 4.39 Å². The van der Waals surface area contributed by atoms with Gasteiger partial charge in [0.15, 0.2) is 0 Å². The molecular weight excluding hydrogens is 331 g/mol. The summed E-state index contributed by atoms with van der Waals surface area (Å²) >= 11 is 0. The number of esters is 1. The molecule has 0 aromatic heterocycles. The van der Waals surface area contributed by atoms with Gasteiger partial charge in [0.25, 0.3) is 0 Å². The number of aliphatic hydroxyl groups is 1. The average Bonchev–Trinajstić information content (AvgIpc) is 2.62. The number of rotatable bonds is 3. The van der Waals surface area contributed by atoms with E-state index in [0.29, 0.717) is 35.7 Å². The molecule has 6 atom stereocenters. The van der Waals surface area contributed by atoms with E-state index in [0.717, 1.165) is 12.8 Å². The molecule has 4 heteroatoms. The van der Waals surface area contributed by atoms with Crippen molar-refractivity contribution in [1.29, 1.82) is 0 Å². The zero-order valence-corrected chi connectivity index (χ0v) is 15.0. The minimum Gasteiger partial charge on any atom is -0.458 e. The van der Waals surface area contributed by atoms with Crippen LogP contribution in [0.25, 0.3) is 0 Å².